The van der Waals surface area contributed by atoms with Gasteiger partial charge in [0, 0.05) is 50.0 Å². The van der Waals surface area contributed by atoms with Crippen molar-refractivity contribution in [3.63, 3.8) is 0 Å². The van der Waals surface area contributed by atoms with E-state index >= 15 is 0 Å². The topological polar surface area (TPSA) is 88.5 Å². The molecule has 2 aliphatic heterocycles. The van der Waals surface area contributed by atoms with E-state index < -0.39 is 17.7 Å². The lowest BCUT2D eigenvalue weighted by molar-refractivity contribution is -0.193. The van der Waals surface area contributed by atoms with E-state index in [1.807, 2.05) is 0 Å². The van der Waals surface area contributed by atoms with Crippen LogP contribution in [0.4, 0.5) is 8.78 Å². The molecule has 1 amide bonds. The molecule has 10 heteroatoms. The molecule has 1 N–H and O–H groups in total. The van der Waals surface area contributed by atoms with Gasteiger partial charge in [0.05, 0.1) is 38.1 Å². The highest BCUT2D eigenvalue weighted by Crippen LogP contribution is 2.89. The molecule has 7 aliphatic rings. The number of amides is 1. The van der Waals surface area contributed by atoms with Crippen LogP contribution in [0.2, 0.25) is 0 Å². The van der Waals surface area contributed by atoms with E-state index in [1.165, 1.54) is 31.9 Å². The molecule has 7 fully saturated rings. The van der Waals surface area contributed by atoms with E-state index in [-0.39, 0.29) is 75.6 Å². The smallest absolute Gasteiger partial charge is 0.320 e. The molecule has 5 aliphatic carbocycles. The normalized spacial score (nSPS) is 44.7. The Morgan fingerprint density at radius 1 is 0.981 bits per heavy atom. The summed E-state index contributed by atoms with van der Waals surface area (Å²) in [6, 6.07) is 3.39. The number of benzene rings is 1. The number of morpholine rings is 1. The molecule has 5 saturated carbocycles. The van der Waals surface area contributed by atoms with Crippen molar-refractivity contribution in [1.82, 2.24) is 9.80 Å². The average molecular weight is 727 g/mol. The van der Waals surface area contributed by atoms with Crippen molar-refractivity contribution in [3.8, 4) is 0 Å². The van der Waals surface area contributed by atoms with Crippen LogP contribution < -0.4 is 0 Å². The number of hydrogen-bond acceptors (Lipinski definition) is 7. The van der Waals surface area contributed by atoms with Crippen LogP contribution in [-0.2, 0) is 30.3 Å². The Morgan fingerprint density at radius 3 is 2.35 bits per heavy atom. The van der Waals surface area contributed by atoms with Gasteiger partial charge in [-0.15, -0.1) is 0 Å². The highest BCUT2D eigenvalue weighted by atomic mass is 19.1. The lowest BCUT2D eigenvalue weighted by atomic mass is 9.41. The molecule has 2 spiro atoms. The van der Waals surface area contributed by atoms with Crippen LogP contribution in [0.25, 0.3) is 0 Å². The molecule has 0 radical (unpaired) electrons. The van der Waals surface area contributed by atoms with Gasteiger partial charge in [-0.3, -0.25) is 14.5 Å². The van der Waals surface area contributed by atoms with Crippen molar-refractivity contribution in [2.45, 2.75) is 124 Å². The van der Waals surface area contributed by atoms with Crippen LogP contribution in [0.5, 0.6) is 0 Å². The van der Waals surface area contributed by atoms with Gasteiger partial charge in [0.25, 0.3) is 0 Å². The second-order valence-corrected chi connectivity index (χ2v) is 19.2. The van der Waals surface area contributed by atoms with E-state index in [0.29, 0.717) is 43.7 Å². The quantitative estimate of drug-likeness (QED) is 0.327. The summed E-state index contributed by atoms with van der Waals surface area (Å²) in [5.74, 6) is -0.266. The molecule has 52 heavy (non-hydrogen) atoms. The van der Waals surface area contributed by atoms with E-state index in [1.54, 1.807) is 4.90 Å². The van der Waals surface area contributed by atoms with Crippen LogP contribution in [0.3, 0.4) is 0 Å². The Kier molecular flexibility index (Phi) is 8.99. The minimum atomic E-state index is -0.661. The molecule has 1 aromatic carbocycles. The lowest BCUT2D eigenvalue weighted by Crippen LogP contribution is -2.60. The Hall–Kier alpha value is -2.14. The predicted molar refractivity (Wildman–Crippen MR) is 191 cm³/mol. The lowest BCUT2D eigenvalue weighted by Gasteiger charge is -2.63. The van der Waals surface area contributed by atoms with Crippen molar-refractivity contribution in [1.29, 1.82) is 0 Å². The molecule has 0 aromatic heterocycles. The number of rotatable bonds is 7. The molecule has 288 valence electrons. The number of halogens is 2. The van der Waals surface area contributed by atoms with Crippen LogP contribution in [0, 0.1) is 62.4 Å². The maximum absolute atomic E-state index is 14.0. The number of aliphatic hydroxyl groups is 1. The largest absolute Gasteiger partial charge is 0.461 e. The zero-order valence-electron chi connectivity index (χ0n) is 32.1. The molecule has 2 heterocycles. The Bertz CT molecular complexity index is 1560. The molecule has 1 aromatic rings. The third-order valence-corrected chi connectivity index (χ3v) is 16.7. The number of carbonyl (C=O) groups is 2. The molecular weight excluding hydrogens is 666 g/mol. The summed E-state index contributed by atoms with van der Waals surface area (Å²) in [5, 5.41) is 12.6. The van der Waals surface area contributed by atoms with Gasteiger partial charge >= 0.3 is 5.97 Å². The zero-order chi connectivity index (χ0) is 37.0. The van der Waals surface area contributed by atoms with Gasteiger partial charge < -0.3 is 24.2 Å². The first-order valence-electron chi connectivity index (χ1n) is 20.1. The standard InChI is InChI=1S/C42H60F2N2O6/c1-25-17-30(22-46(26(2)47)21-27-18-28(43)20-29(44)19-27)51-36-35(25)39(5)11-12-42-24-41(42)10-9-33(52-34(48)23-45-13-15-50-16-14-45)38(3,4)31(41)7-8-32(42)40(39,6)37(36)49/h18-20,25,30-33,35-37,49H,7-17,21-24H2,1-6H3. The summed E-state index contributed by atoms with van der Waals surface area (Å²) in [6.45, 7) is 16.9. The first-order valence-corrected chi connectivity index (χ1v) is 20.1. The van der Waals surface area contributed by atoms with Gasteiger partial charge in [0.1, 0.15) is 17.7 Å². The van der Waals surface area contributed by atoms with Crippen molar-refractivity contribution in [3.05, 3.63) is 35.4 Å². The zero-order valence-corrected chi connectivity index (χ0v) is 32.1. The fourth-order valence-corrected chi connectivity index (χ4v) is 14.3. The van der Waals surface area contributed by atoms with E-state index in [2.05, 4.69) is 39.5 Å². The van der Waals surface area contributed by atoms with Crippen LogP contribution in [0.1, 0.15) is 98.5 Å². The molecule has 12 unspecified atom stereocenters. The first kappa shape index (κ1) is 36.8. The number of fused-ring (bicyclic) bond motifs is 4. The van der Waals surface area contributed by atoms with Gasteiger partial charge in [-0.2, -0.15) is 0 Å². The average Bonchev–Trinajstić information content (AvgIpc) is 3.70. The van der Waals surface area contributed by atoms with E-state index in [0.717, 1.165) is 57.7 Å². The summed E-state index contributed by atoms with van der Waals surface area (Å²) in [4.78, 5) is 29.7. The SMILES string of the molecule is CC(=O)N(Cc1cc(F)cc(F)c1)CC1CC(C)C2C(O1)C(O)C1(C)C3CCC4C(C)(C)C(OC(=O)CN5CCOCC5)CCC45CC35CCC21C. The second-order valence-electron chi connectivity index (χ2n) is 19.2. The van der Waals surface area contributed by atoms with Crippen molar-refractivity contribution < 1.29 is 37.7 Å². The van der Waals surface area contributed by atoms with Crippen LogP contribution >= 0.6 is 0 Å². The number of aliphatic hydroxyl groups excluding tert-OH is 1. The van der Waals surface area contributed by atoms with E-state index in [4.69, 9.17) is 14.2 Å². The number of esters is 1. The maximum atomic E-state index is 14.0. The number of nitrogens with zero attached hydrogens (tertiary/aromatic N) is 2. The fraction of sp³-hybridized carbons (Fsp3) is 0.810. The summed E-state index contributed by atoms with van der Waals surface area (Å²) in [6.07, 6.45) is 7.00. The Labute approximate surface area is 308 Å². The van der Waals surface area contributed by atoms with Gasteiger partial charge in [-0.25, -0.2) is 8.78 Å². The molecule has 8 nitrogen and oxygen atoms in total. The predicted octanol–water partition coefficient (Wildman–Crippen LogP) is 6.37. The van der Waals surface area contributed by atoms with Gasteiger partial charge in [-0.05, 0) is 109 Å². The third kappa shape index (κ3) is 5.37. The second kappa shape index (κ2) is 12.7. The van der Waals surface area contributed by atoms with Gasteiger partial charge in [0.2, 0.25) is 5.91 Å². The maximum Gasteiger partial charge on any atom is 0.320 e. The minimum Gasteiger partial charge on any atom is -0.461 e. The summed E-state index contributed by atoms with van der Waals surface area (Å²) < 4.78 is 46.7. The van der Waals surface area contributed by atoms with Gasteiger partial charge in [0.15, 0.2) is 0 Å². The Morgan fingerprint density at radius 2 is 1.65 bits per heavy atom. The Balaban J connectivity index is 0.990. The van der Waals surface area contributed by atoms with Crippen LogP contribution in [0.15, 0.2) is 18.2 Å². The first-order chi connectivity index (χ1) is 24.6. The van der Waals surface area contributed by atoms with Gasteiger partial charge in [-0.1, -0.05) is 34.6 Å². The highest BCUT2D eigenvalue weighted by Gasteiger charge is 2.84. The van der Waals surface area contributed by atoms with E-state index in [9.17, 15) is 23.5 Å². The molecule has 12 atom stereocenters. The summed E-state index contributed by atoms with van der Waals surface area (Å²) in [7, 11) is 0. The number of carbonyl (C=O) groups excluding carboxylic acids is 2. The number of ether oxygens (including phenoxy) is 3. The molecular formula is C42H60F2N2O6. The van der Waals surface area contributed by atoms with Crippen molar-refractivity contribution >= 4 is 11.9 Å². The molecule has 8 rings (SSSR count). The summed E-state index contributed by atoms with van der Waals surface area (Å²) in [5.41, 5.74) is 0.287. The number of hydrogen-bond donors (Lipinski definition) is 1. The molecule has 2 saturated heterocycles. The van der Waals surface area contributed by atoms with Crippen molar-refractivity contribution in [2.24, 2.45) is 50.7 Å². The third-order valence-electron chi connectivity index (χ3n) is 16.7. The minimum absolute atomic E-state index is 0.0871. The fourth-order valence-electron chi connectivity index (χ4n) is 14.3. The summed E-state index contributed by atoms with van der Waals surface area (Å²) >= 11 is 0. The van der Waals surface area contributed by atoms with Crippen LogP contribution in [-0.4, -0.2) is 90.6 Å². The highest BCUT2D eigenvalue weighted by molar-refractivity contribution is 5.73. The monoisotopic (exact) mass is 726 g/mol. The molecule has 0 bridgehead atoms. The van der Waals surface area contributed by atoms with Crippen molar-refractivity contribution in [2.75, 3.05) is 39.4 Å².